The zero-order valence-electron chi connectivity index (χ0n) is 14.5. The van der Waals surface area contributed by atoms with Gasteiger partial charge in [0.05, 0.1) is 0 Å². The maximum atomic E-state index is 10.7. The molecule has 22 heavy (non-hydrogen) atoms. The molecule has 3 atom stereocenters. The predicted octanol–water partition coefficient (Wildman–Crippen LogP) is 5.43. The summed E-state index contributed by atoms with van der Waals surface area (Å²) in [5.41, 5.74) is 2.15. The number of benzene rings is 1. The van der Waals surface area contributed by atoms with E-state index in [1.165, 1.54) is 31.2 Å². The molecule has 0 aromatic heterocycles. The molecule has 1 aromatic rings. The molecule has 3 rings (SSSR count). The van der Waals surface area contributed by atoms with E-state index in [2.05, 4.69) is 33.8 Å². The topological polar surface area (TPSA) is 29.5 Å². The minimum atomic E-state index is -0.131. The zero-order valence-corrected chi connectivity index (χ0v) is 14.5. The van der Waals surface area contributed by atoms with Crippen molar-refractivity contribution in [2.75, 3.05) is 0 Å². The van der Waals surface area contributed by atoms with Crippen LogP contribution in [0.1, 0.15) is 76.8 Å². The summed E-state index contributed by atoms with van der Waals surface area (Å²) < 4.78 is 6.37. The molecule has 0 radical (unpaired) electrons. The van der Waals surface area contributed by atoms with Crippen molar-refractivity contribution < 1.29 is 9.84 Å². The Labute approximate surface area is 134 Å². The van der Waals surface area contributed by atoms with Crippen molar-refractivity contribution in [2.45, 2.75) is 77.7 Å². The van der Waals surface area contributed by atoms with Crippen LogP contribution in [0, 0.1) is 11.8 Å². The summed E-state index contributed by atoms with van der Waals surface area (Å²) in [6.45, 7) is 8.98. The Balaban J connectivity index is 2.01. The molecule has 1 N–H and O–H groups in total. The lowest BCUT2D eigenvalue weighted by molar-refractivity contribution is -0.0145. The summed E-state index contributed by atoms with van der Waals surface area (Å²) in [7, 11) is 0. The molecule has 1 unspecified atom stereocenters. The molecule has 2 nitrogen and oxygen atoms in total. The molecule has 1 saturated carbocycles. The molecule has 1 aliphatic heterocycles. The molecule has 1 aliphatic carbocycles. The molecule has 0 spiro atoms. The molecular weight excluding hydrogens is 272 g/mol. The van der Waals surface area contributed by atoms with Crippen LogP contribution in [0.4, 0.5) is 0 Å². The van der Waals surface area contributed by atoms with Crippen LogP contribution >= 0.6 is 0 Å². The Morgan fingerprint density at radius 1 is 1.27 bits per heavy atom. The largest absolute Gasteiger partial charge is 0.508 e. The van der Waals surface area contributed by atoms with Crippen molar-refractivity contribution in [3.63, 3.8) is 0 Å². The van der Waals surface area contributed by atoms with Crippen LogP contribution < -0.4 is 4.74 Å². The van der Waals surface area contributed by atoms with Gasteiger partial charge in [0.25, 0.3) is 0 Å². The first-order chi connectivity index (χ1) is 10.4. The second-order valence-electron chi connectivity index (χ2n) is 7.97. The fourth-order valence-electron chi connectivity index (χ4n) is 4.54. The van der Waals surface area contributed by atoms with Crippen molar-refractivity contribution >= 4 is 0 Å². The van der Waals surface area contributed by atoms with Crippen molar-refractivity contribution in [3.8, 4) is 11.5 Å². The van der Waals surface area contributed by atoms with Crippen molar-refractivity contribution in [1.82, 2.24) is 0 Å². The molecular formula is C20H30O2. The van der Waals surface area contributed by atoms with Gasteiger partial charge >= 0.3 is 0 Å². The smallest absolute Gasteiger partial charge is 0.127 e. The van der Waals surface area contributed by atoms with E-state index in [0.717, 1.165) is 30.1 Å². The number of rotatable bonds is 3. The normalized spacial score (nSPS) is 29.4. The number of hydrogen-bond donors (Lipinski definition) is 1. The minimum Gasteiger partial charge on any atom is -0.508 e. The molecule has 2 aliphatic rings. The van der Waals surface area contributed by atoms with Gasteiger partial charge in [0, 0.05) is 11.5 Å². The van der Waals surface area contributed by atoms with E-state index in [0.29, 0.717) is 17.6 Å². The third kappa shape index (κ3) is 2.73. The average Bonchev–Trinajstić information content (AvgIpc) is 2.43. The van der Waals surface area contributed by atoms with Gasteiger partial charge in [-0.1, -0.05) is 26.7 Å². The van der Waals surface area contributed by atoms with Crippen molar-refractivity contribution in [2.24, 2.45) is 11.8 Å². The molecule has 2 heteroatoms. The van der Waals surface area contributed by atoms with Crippen molar-refractivity contribution in [3.05, 3.63) is 23.3 Å². The lowest BCUT2D eigenvalue weighted by Crippen LogP contribution is -2.46. The van der Waals surface area contributed by atoms with E-state index in [9.17, 15) is 5.11 Å². The van der Waals surface area contributed by atoms with E-state index in [1.54, 1.807) is 0 Å². The fraction of sp³-hybridized carbons (Fsp3) is 0.700. The third-order valence-corrected chi connectivity index (χ3v) is 5.75. The number of unbranched alkanes of at least 4 members (excludes halogenated alkanes) is 1. The summed E-state index contributed by atoms with van der Waals surface area (Å²) in [6.07, 6.45) is 7.00. The zero-order chi connectivity index (χ0) is 15.9. The quantitative estimate of drug-likeness (QED) is 0.807. The number of hydrogen-bond acceptors (Lipinski definition) is 2. The van der Waals surface area contributed by atoms with Gasteiger partial charge in [-0.3, -0.25) is 0 Å². The van der Waals surface area contributed by atoms with Crippen LogP contribution in [0.5, 0.6) is 11.5 Å². The van der Waals surface area contributed by atoms with E-state index < -0.39 is 0 Å². The van der Waals surface area contributed by atoms with E-state index in [1.807, 2.05) is 6.07 Å². The van der Waals surface area contributed by atoms with Gasteiger partial charge in [-0.2, -0.15) is 0 Å². The van der Waals surface area contributed by atoms with Gasteiger partial charge in [0.1, 0.15) is 17.1 Å². The van der Waals surface area contributed by atoms with Gasteiger partial charge in [0.15, 0.2) is 0 Å². The van der Waals surface area contributed by atoms with E-state index in [4.69, 9.17) is 4.74 Å². The van der Waals surface area contributed by atoms with Gasteiger partial charge in [-0.05, 0) is 69.1 Å². The van der Waals surface area contributed by atoms with Crippen molar-refractivity contribution in [1.29, 1.82) is 0 Å². The Morgan fingerprint density at radius 3 is 2.77 bits per heavy atom. The number of aromatic hydroxyl groups is 1. The van der Waals surface area contributed by atoms with Crippen LogP contribution in [0.2, 0.25) is 0 Å². The first-order valence-electron chi connectivity index (χ1n) is 8.97. The SMILES string of the molecule is CCCCc1cc(O)c2c(c1)OC(C)(C)[C@@H]1CCC(C)C[C@@H]21. The summed E-state index contributed by atoms with van der Waals surface area (Å²) in [6, 6.07) is 4.16. The van der Waals surface area contributed by atoms with Gasteiger partial charge in [0.2, 0.25) is 0 Å². The molecule has 0 amide bonds. The second-order valence-corrected chi connectivity index (χ2v) is 7.97. The lowest BCUT2D eigenvalue weighted by atomic mass is 9.64. The maximum Gasteiger partial charge on any atom is 0.127 e. The number of aryl methyl sites for hydroxylation is 1. The number of ether oxygens (including phenoxy) is 1. The average molecular weight is 302 g/mol. The molecule has 1 aromatic carbocycles. The Morgan fingerprint density at radius 2 is 2.05 bits per heavy atom. The van der Waals surface area contributed by atoms with Crippen LogP contribution in [-0.2, 0) is 6.42 Å². The summed E-state index contributed by atoms with van der Waals surface area (Å²) in [5, 5.41) is 10.7. The lowest BCUT2D eigenvalue weighted by Gasteiger charge is -2.48. The van der Waals surface area contributed by atoms with Gasteiger partial charge in [-0.25, -0.2) is 0 Å². The second kappa shape index (κ2) is 5.79. The molecule has 122 valence electrons. The standard InChI is InChI=1S/C20H30O2/c1-5-6-7-14-11-17(21)19-15-10-13(2)8-9-16(15)20(3,4)22-18(19)12-14/h11-13,15-16,21H,5-10H2,1-4H3/t13?,15-,16-/m1/s1. The highest BCUT2D eigenvalue weighted by molar-refractivity contribution is 5.52. The Bertz CT molecular complexity index is 547. The highest BCUT2D eigenvalue weighted by atomic mass is 16.5. The first kappa shape index (κ1) is 15.7. The third-order valence-electron chi connectivity index (χ3n) is 5.75. The highest BCUT2D eigenvalue weighted by Crippen LogP contribution is 2.55. The minimum absolute atomic E-state index is 0.131. The number of fused-ring (bicyclic) bond motifs is 3. The van der Waals surface area contributed by atoms with E-state index in [-0.39, 0.29) is 5.60 Å². The monoisotopic (exact) mass is 302 g/mol. The predicted molar refractivity (Wildman–Crippen MR) is 90.7 cm³/mol. The Hall–Kier alpha value is -1.18. The highest BCUT2D eigenvalue weighted by Gasteiger charge is 2.46. The van der Waals surface area contributed by atoms with Crippen LogP contribution in [-0.4, -0.2) is 10.7 Å². The summed E-state index contributed by atoms with van der Waals surface area (Å²) in [4.78, 5) is 0. The molecule has 0 saturated heterocycles. The first-order valence-corrected chi connectivity index (χ1v) is 8.97. The van der Waals surface area contributed by atoms with Gasteiger partial charge < -0.3 is 9.84 Å². The number of phenolic OH excluding ortho intramolecular Hbond substituents is 1. The maximum absolute atomic E-state index is 10.7. The molecule has 1 fully saturated rings. The molecule has 1 heterocycles. The van der Waals surface area contributed by atoms with Crippen LogP contribution in [0.25, 0.3) is 0 Å². The fourth-order valence-corrected chi connectivity index (χ4v) is 4.54. The Kier molecular flexibility index (Phi) is 4.13. The van der Waals surface area contributed by atoms with Crippen LogP contribution in [0.3, 0.4) is 0 Å². The molecule has 0 bridgehead atoms. The van der Waals surface area contributed by atoms with E-state index >= 15 is 0 Å². The summed E-state index contributed by atoms with van der Waals surface area (Å²) in [5.74, 6) is 3.10. The number of phenols is 1. The van der Waals surface area contributed by atoms with Gasteiger partial charge in [-0.15, -0.1) is 0 Å². The summed E-state index contributed by atoms with van der Waals surface area (Å²) >= 11 is 0. The van der Waals surface area contributed by atoms with Crippen LogP contribution in [0.15, 0.2) is 12.1 Å².